The van der Waals surface area contributed by atoms with Crippen LogP contribution in [0.25, 0.3) is 27.7 Å². The van der Waals surface area contributed by atoms with E-state index < -0.39 is 6.04 Å². The molecule has 2 aliphatic heterocycles. The van der Waals surface area contributed by atoms with Gasteiger partial charge in [-0.1, -0.05) is 30.3 Å². The lowest BCUT2D eigenvalue weighted by Crippen LogP contribution is -2.54. The number of fused-ring (bicyclic) bond motifs is 2. The topological polar surface area (TPSA) is 94.0 Å². The standard InChI is InChI=1S/C35H30N4O5/c1-43-28-9-3-22(4-10-28)20-38-33(40)14-13-32(35(38)42)37-21-26-17-25(7-12-30(26)34(37)41)31-15-16-39(36-31)27-8-5-24-19-29(44-2)11-6-23(24)18-27/h3-12,15-19,32H,13-14,20-21H2,1-2H3. The molecule has 1 fully saturated rings. The van der Waals surface area contributed by atoms with Crippen LogP contribution in [-0.4, -0.2) is 57.6 Å². The molecule has 0 bridgehead atoms. The molecule has 1 saturated heterocycles. The Balaban J connectivity index is 1.09. The van der Waals surface area contributed by atoms with Gasteiger partial charge < -0.3 is 14.4 Å². The summed E-state index contributed by atoms with van der Waals surface area (Å²) in [6, 6.07) is 26.3. The molecule has 1 atom stereocenters. The number of rotatable bonds is 7. The molecule has 7 rings (SSSR count). The number of hydrogen-bond donors (Lipinski definition) is 0. The third-order valence-corrected chi connectivity index (χ3v) is 8.48. The molecule has 1 unspecified atom stereocenters. The van der Waals surface area contributed by atoms with Gasteiger partial charge in [-0.25, -0.2) is 4.68 Å². The van der Waals surface area contributed by atoms with Crippen LogP contribution in [0.3, 0.4) is 0 Å². The maximum absolute atomic E-state index is 13.6. The molecule has 0 spiro atoms. The van der Waals surface area contributed by atoms with Crippen LogP contribution in [0, 0.1) is 0 Å². The van der Waals surface area contributed by atoms with Gasteiger partial charge in [0.25, 0.3) is 11.8 Å². The van der Waals surface area contributed by atoms with Gasteiger partial charge in [-0.15, -0.1) is 0 Å². The van der Waals surface area contributed by atoms with Crippen molar-refractivity contribution in [1.82, 2.24) is 19.6 Å². The summed E-state index contributed by atoms with van der Waals surface area (Å²) in [5.41, 5.74) is 4.82. The molecular formula is C35H30N4O5. The monoisotopic (exact) mass is 586 g/mol. The Morgan fingerprint density at radius 2 is 1.57 bits per heavy atom. The minimum absolute atomic E-state index is 0.158. The van der Waals surface area contributed by atoms with E-state index in [0.717, 1.165) is 44.6 Å². The van der Waals surface area contributed by atoms with Crippen molar-refractivity contribution in [3.63, 3.8) is 0 Å². The van der Waals surface area contributed by atoms with Crippen LogP contribution < -0.4 is 9.47 Å². The molecule has 0 aliphatic carbocycles. The third kappa shape index (κ3) is 4.86. The van der Waals surface area contributed by atoms with Crippen molar-refractivity contribution in [2.24, 2.45) is 0 Å². The molecule has 5 aromatic rings. The summed E-state index contributed by atoms with van der Waals surface area (Å²) < 4.78 is 12.4. The Bertz CT molecular complexity index is 1930. The van der Waals surface area contributed by atoms with E-state index in [1.54, 1.807) is 31.3 Å². The fraction of sp³-hybridized carbons (Fsp3) is 0.200. The van der Waals surface area contributed by atoms with Crippen molar-refractivity contribution < 1.29 is 23.9 Å². The summed E-state index contributed by atoms with van der Waals surface area (Å²) >= 11 is 0. The fourth-order valence-electron chi connectivity index (χ4n) is 6.05. The molecule has 9 heteroatoms. The van der Waals surface area contributed by atoms with E-state index in [9.17, 15) is 14.4 Å². The first-order valence-electron chi connectivity index (χ1n) is 14.5. The zero-order chi connectivity index (χ0) is 30.4. The SMILES string of the molecule is COc1ccc(CN2C(=O)CCC(N3Cc4cc(-c5ccn(-c6ccc7cc(OC)ccc7c6)n5)ccc4C3=O)C2=O)cc1. The van der Waals surface area contributed by atoms with Crippen molar-refractivity contribution in [3.05, 3.63) is 108 Å². The summed E-state index contributed by atoms with van der Waals surface area (Å²) in [6.07, 6.45) is 2.43. The van der Waals surface area contributed by atoms with E-state index in [2.05, 4.69) is 6.07 Å². The molecule has 9 nitrogen and oxygen atoms in total. The van der Waals surface area contributed by atoms with Crippen molar-refractivity contribution in [2.75, 3.05) is 14.2 Å². The minimum Gasteiger partial charge on any atom is -0.497 e. The van der Waals surface area contributed by atoms with Crippen LogP contribution >= 0.6 is 0 Å². The summed E-state index contributed by atoms with van der Waals surface area (Å²) in [4.78, 5) is 42.7. The highest BCUT2D eigenvalue weighted by molar-refractivity contribution is 6.05. The second-order valence-electron chi connectivity index (χ2n) is 11.1. The van der Waals surface area contributed by atoms with Gasteiger partial charge in [0.2, 0.25) is 5.91 Å². The molecule has 0 radical (unpaired) electrons. The Morgan fingerprint density at radius 3 is 2.36 bits per heavy atom. The predicted octanol–water partition coefficient (Wildman–Crippen LogP) is 5.38. The number of carbonyl (C=O) groups is 3. The Morgan fingerprint density at radius 1 is 0.818 bits per heavy atom. The first-order chi connectivity index (χ1) is 21.4. The molecule has 4 aromatic carbocycles. The van der Waals surface area contributed by atoms with Gasteiger partial charge in [-0.3, -0.25) is 19.3 Å². The number of nitrogens with zero attached hydrogens (tertiary/aromatic N) is 4. The molecular weight excluding hydrogens is 556 g/mol. The average Bonchev–Trinajstić information content (AvgIpc) is 3.68. The highest BCUT2D eigenvalue weighted by atomic mass is 16.5. The van der Waals surface area contributed by atoms with Gasteiger partial charge in [0.05, 0.1) is 32.1 Å². The van der Waals surface area contributed by atoms with Crippen LogP contribution in [0.4, 0.5) is 0 Å². The Kier molecular flexibility index (Phi) is 6.85. The first-order valence-corrected chi connectivity index (χ1v) is 14.5. The fourth-order valence-corrected chi connectivity index (χ4v) is 6.05. The zero-order valence-corrected chi connectivity index (χ0v) is 24.4. The maximum atomic E-state index is 13.6. The van der Waals surface area contributed by atoms with Crippen LogP contribution in [-0.2, 0) is 22.7 Å². The number of ether oxygens (including phenoxy) is 2. The molecule has 3 amide bonds. The van der Waals surface area contributed by atoms with Crippen molar-refractivity contribution in [2.45, 2.75) is 32.0 Å². The van der Waals surface area contributed by atoms with Crippen LogP contribution in [0.1, 0.15) is 34.3 Å². The van der Waals surface area contributed by atoms with Gasteiger partial charge in [0, 0.05) is 30.3 Å². The van der Waals surface area contributed by atoms with E-state index in [1.807, 2.05) is 77.6 Å². The van der Waals surface area contributed by atoms with Gasteiger partial charge in [0.15, 0.2) is 0 Å². The zero-order valence-electron chi connectivity index (χ0n) is 24.4. The van der Waals surface area contributed by atoms with Crippen molar-refractivity contribution in [1.29, 1.82) is 0 Å². The van der Waals surface area contributed by atoms with Gasteiger partial charge in [-0.05, 0) is 82.9 Å². The largest absolute Gasteiger partial charge is 0.497 e. The second kappa shape index (κ2) is 11.0. The first kappa shape index (κ1) is 27.4. The molecule has 1 aromatic heterocycles. The summed E-state index contributed by atoms with van der Waals surface area (Å²) in [7, 11) is 3.24. The predicted molar refractivity (Wildman–Crippen MR) is 165 cm³/mol. The van der Waals surface area contributed by atoms with Crippen molar-refractivity contribution >= 4 is 28.5 Å². The quantitative estimate of drug-likeness (QED) is 0.238. The number of amides is 3. The van der Waals surface area contributed by atoms with E-state index in [1.165, 1.54) is 4.90 Å². The highest BCUT2D eigenvalue weighted by Crippen LogP contribution is 2.33. The van der Waals surface area contributed by atoms with E-state index in [-0.39, 0.29) is 30.7 Å². The van der Waals surface area contributed by atoms with Crippen LogP contribution in [0.2, 0.25) is 0 Å². The summed E-state index contributed by atoms with van der Waals surface area (Å²) in [5.74, 6) is 0.750. The number of hydrogen-bond acceptors (Lipinski definition) is 6. The lowest BCUT2D eigenvalue weighted by atomic mass is 10.0. The van der Waals surface area contributed by atoms with Gasteiger partial charge >= 0.3 is 0 Å². The summed E-state index contributed by atoms with van der Waals surface area (Å²) in [5, 5.41) is 6.98. The third-order valence-electron chi connectivity index (χ3n) is 8.48. The molecule has 3 heterocycles. The second-order valence-corrected chi connectivity index (χ2v) is 11.1. The number of aromatic nitrogens is 2. The lowest BCUT2D eigenvalue weighted by Gasteiger charge is -2.35. The number of imide groups is 1. The van der Waals surface area contributed by atoms with E-state index in [0.29, 0.717) is 24.3 Å². The van der Waals surface area contributed by atoms with Crippen LogP contribution in [0.5, 0.6) is 11.5 Å². The molecule has 44 heavy (non-hydrogen) atoms. The van der Waals surface area contributed by atoms with E-state index in [4.69, 9.17) is 14.6 Å². The highest BCUT2D eigenvalue weighted by Gasteiger charge is 2.42. The normalized spacial score (nSPS) is 16.5. The minimum atomic E-state index is -0.693. The average molecular weight is 587 g/mol. The Labute approximate surface area is 254 Å². The number of piperidine rings is 1. The Hall–Kier alpha value is -5.44. The number of carbonyl (C=O) groups excluding carboxylic acids is 3. The number of benzene rings is 4. The number of likely N-dealkylation sites (tertiary alicyclic amines) is 1. The molecule has 0 saturated carbocycles. The van der Waals surface area contributed by atoms with Crippen LogP contribution in [0.15, 0.2) is 91.1 Å². The summed E-state index contributed by atoms with van der Waals surface area (Å²) in [6.45, 7) is 0.461. The van der Waals surface area contributed by atoms with Gasteiger partial charge in [-0.2, -0.15) is 5.10 Å². The van der Waals surface area contributed by atoms with Gasteiger partial charge in [0.1, 0.15) is 17.5 Å². The molecule has 0 N–H and O–H groups in total. The number of methoxy groups -OCH3 is 2. The molecule has 220 valence electrons. The lowest BCUT2D eigenvalue weighted by molar-refractivity contribution is -0.153. The molecule has 2 aliphatic rings. The maximum Gasteiger partial charge on any atom is 0.255 e. The van der Waals surface area contributed by atoms with E-state index >= 15 is 0 Å². The van der Waals surface area contributed by atoms with Crippen molar-refractivity contribution in [3.8, 4) is 28.4 Å². The smallest absolute Gasteiger partial charge is 0.255 e.